The van der Waals surface area contributed by atoms with Gasteiger partial charge in [0.15, 0.2) is 11.5 Å². The Morgan fingerprint density at radius 3 is 1.44 bits per heavy atom. The summed E-state index contributed by atoms with van der Waals surface area (Å²) in [5.74, 6) is -0.444. The molecule has 0 unspecified atom stereocenters. The maximum Gasteiger partial charge on any atom is 0.196 e. The highest BCUT2D eigenvalue weighted by atomic mass is 35.5. The van der Waals surface area contributed by atoms with E-state index in [4.69, 9.17) is 10.2 Å². The average Bonchev–Trinajstić information content (AvgIpc) is 1.91. The molecule has 0 amide bonds. The normalized spacial score (nSPS) is 7.11. The third-order valence-electron chi connectivity index (χ3n) is 0.622. The van der Waals surface area contributed by atoms with Crippen LogP contribution in [0, 0.1) is 0 Å². The third kappa shape index (κ3) is 2.49. The minimum Gasteiger partial charge on any atom is -0.502 e. The van der Waals surface area contributed by atoms with E-state index in [0.29, 0.717) is 0 Å². The van der Waals surface area contributed by atoms with Gasteiger partial charge in [-0.25, -0.2) is 0 Å². The van der Waals surface area contributed by atoms with Crippen molar-refractivity contribution in [3.63, 3.8) is 0 Å². The van der Waals surface area contributed by atoms with Crippen molar-refractivity contribution >= 4 is 24.8 Å². The van der Waals surface area contributed by atoms with Crippen LogP contribution in [0.3, 0.4) is 0 Å². The van der Waals surface area contributed by atoms with Crippen LogP contribution in [-0.4, -0.2) is 10.2 Å². The predicted octanol–water partition coefficient (Wildman–Crippen LogP) is 1.53. The first-order chi connectivity index (χ1) is 3.30. The SMILES string of the molecule is Cl.Cl.Oc1cocc1O. The predicted molar refractivity (Wildman–Crippen MR) is 36.5 cm³/mol. The Labute approximate surface area is 64.1 Å². The van der Waals surface area contributed by atoms with Crippen molar-refractivity contribution in [3.05, 3.63) is 12.5 Å². The molecular weight excluding hydrogens is 167 g/mol. The summed E-state index contributed by atoms with van der Waals surface area (Å²) in [6, 6.07) is 0. The zero-order chi connectivity index (χ0) is 5.28. The molecule has 0 saturated carbocycles. The molecule has 5 heteroatoms. The average molecular weight is 173 g/mol. The van der Waals surface area contributed by atoms with E-state index in [1.165, 1.54) is 0 Å². The van der Waals surface area contributed by atoms with Crippen LogP contribution in [0.1, 0.15) is 0 Å². The fraction of sp³-hybridized carbons (Fsp3) is 0. The molecule has 0 aromatic carbocycles. The monoisotopic (exact) mass is 172 g/mol. The van der Waals surface area contributed by atoms with E-state index in [1.54, 1.807) is 0 Å². The van der Waals surface area contributed by atoms with E-state index in [-0.39, 0.29) is 36.3 Å². The second-order valence-electron chi connectivity index (χ2n) is 1.14. The highest BCUT2D eigenvalue weighted by Crippen LogP contribution is 2.23. The number of rotatable bonds is 0. The van der Waals surface area contributed by atoms with Crippen LogP contribution in [0.5, 0.6) is 11.5 Å². The van der Waals surface area contributed by atoms with Crippen molar-refractivity contribution in [3.8, 4) is 11.5 Å². The van der Waals surface area contributed by atoms with E-state index in [1.807, 2.05) is 0 Å². The quantitative estimate of drug-likeness (QED) is 0.625. The second kappa shape index (κ2) is 4.35. The highest BCUT2D eigenvalue weighted by molar-refractivity contribution is 5.85. The van der Waals surface area contributed by atoms with E-state index in [0.717, 1.165) is 12.5 Å². The Hall–Kier alpha value is -0.540. The molecule has 0 aliphatic rings. The molecule has 0 aliphatic heterocycles. The van der Waals surface area contributed by atoms with Gasteiger partial charge in [0.25, 0.3) is 0 Å². The molecule has 0 aliphatic carbocycles. The molecule has 0 radical (unpaired) electrons. The fourth-order valence-corrected chi connectivity index (χ4v) is 0.284. The van der Waals surface area contributed by atoms with Crippen molar-refractivity contribution in [1.29, 1.82) is 0 Å². The van der Waals surface area contributed by atoms with Crippen LogP contribution in [-0.2, 0) is 0 Å². The standard InChI is InChI=1S/C4H4O3.2ClH/c5-3-1-7-2-4(3)6;;/h1-2,5-6H;2*1H. The molecule has 9 heavy (non-hydrogen) atoms. The van der Waals surface area contributed by atoms with Crippen LogP contribution in [0.4, 0.5) is 0 Å². The molecule has 0 saturated heterocycles. The smallest absolute Gasteiger partial charge is 0.196 e. The maximum absolute atomic E-state index is 8.42. The number of hydrogen-bond donors (Lipinski definition) is 2. The van der Waals surface area contributed by atoms with Crippen molar-refractivity contribution in [2.45, 2.75) is 0 Å². The van der Waals surface area contributed by atoms with Gasteiger partial charge < -0.3 is 14.6 Å². The van der Waals surface area contributed by atoms with Gasteiger partial charge in [-0.1, -0.05) is 0 Å². The number of aromatic hydroxyl groups is 2. The molecule has 0 atom stereocenters. The molecular formula is C4H6Cl2O3. The van der Waals surface area contributed by atoms with Gasteiger partial charge in [-0.05, 0) is 0 Å². The van der Waals surface area contributed by atoms with E-state index >= 15 is 0 Å². The molecule has 3 nitrogen and oxygen atoms in total. The first-order valence-corrected chi connectivity index (χ1v) is 1.75. The second-order valence-corrected chi connectivity index (χ2v) is 1.14. The lowest BCUT2D eigenvalue weighted by molar-refractivity contribution is 0.407. The highest BCUT2D eigenvalue weighted by Gasteiger charge is 1.95. The lowest BCUT2D eigenvalue weighted by Gasteiger charge is -1.76. The Bertz CT molecular complexity index is 146. The Balaban J connectivity index is 0. The lowest BCUT2D eigenvalue weighted by Crippen LogP contribution is -1.50. The van der Waals surface area contributed by atoms with Gasteiger partial charge in [-0.2, -0.15) is 0 Å². The molecule has 1 heterocycles. The molecule has 54 valence electrons. The van der Waals surface area contributed by atoms with E-state index < -0.39 is 0 Å². The van der Waals surface area contributed by atoms with Crippen LogP contribution >= 0.6 is 24.8 Å². The number of hydrogen-bond acceptors (Lipinski definition) is 3. The molecule has 1 rings (SSSR count). The van der Waals surface area contributed by atoms with Crippen LogP contribution in [0.25, 0.3) is 0 Å². The summed E-state index contributed by atoms with van der Waals surface area (Å²) in [7, 11) is 0. The molecule has 1 aromatic rings. The van der Waals surface area contributed by atoms with Gasteiger partial charge in [-0.3, -0.25) is 0 Å². The maximum atomic E-state index is 8.42. The lowest BCUT2D eigenvalue weighted by atomic mass is 10.6. The molecule has 0 spiro atoms. The molecule has 0 bridgehead atoms. The van der Waals surface area contributed by atoms with Gasteiger partial charge in [0.2, 0.25) is 0 Å². The summed E-state index contributed by atoms with van der Waals surface area (Å²) in [5.41, 5.74) is 0. The van der Waals surface area contributed by atoms with Gasteiger partial charge in [0.05, 0.1) is 0 Å². The van der Waals surface area contributed by atoms with E-state index in [2.05, 4.69) is 4.42 Å². The van der Waals surface area contributed by atoms with Crippen LogP contribution < -0.4 is 0 Å². The fourth-order valence-electron chi connectivity index (χ4n) is 0.284. The minimum absolute atomic E-state index is 0. The molecule has 0 fully saturated rings. The van der Waals surface area contributed by atoms with Crippen molar-refractivity contribution in [1.82, 2.24) is 0 Å². The number of halogens is 2. The summed E-state index contributed by atoms with van der Waals surface area (Å²) in [5, 5.41) is 16.8. The minimum atomic E-state index is -0.222. The zero-order valence-corrected chi connectivity index (χ0v) is 5.91. The topological polar surface area (TPSA) is 53.6 Å². The first kappa shape index (κ1) is 11.3. The molecule has 2 N–H and O–H groups in total. The van der Waals surface area contributed by atoms with Crippen LogP contribution in [0.15, 0.2) is 16.9 Å². The van der Waals surface area contributed by atoms with E-state index in [9.17, 15) is 0 Å². The van der Waals surface area contributed by atoms with Crippen molar-refractivity contribution in [2.75, 3.05) is 0 Å². The Morgan fingerprint density at radius 2 is 1.33 bits per heavy atom. The zero-order valence-electron chi connectivity index (χ0n) is 4.27. The number of furan rings is 1. The third-order valence-corrected chi connectivity index (χ3v) is 0.622. The van der Waals surface area contributed by atoms with Gasteiger partial charge in [-0.15, -0.1) is 24.8 Å². The van der Waals surface area contributed by atoms with Crippen molar-refractivity contribution < 1.29 is 14.6 Å². The summed E-state index contributed by atoms with van der Waals surface area (Å²) in [6.07, 6.45) is 2.10. The summed E-state index contributed by atoms with van der Waals surface area (Å²) in [4.78, 5) is 0. The van der Waals surface area contributed by atoms with Gasteiger partial charge in [0, 0.05) is 0 Å². The van der Waals surface area contributed by atoms with Gasteiger partial charge >= 0.3 is 0 Å². The Morgan fingerprint density at radius 1 is 1.00 bits per heavy atom. The summed E-state index contributed by atoms with van der Waals surface area (Å²) in [6.45, 7) is 0. The van der Waals surface area contributed by atoms with Crippen LogP contribution in [0.2, 0.25) is 0 Å². The summed E-state index contributed by atoms with van der Waals surface area (Å²) >= 11 is 0. The Kier molecular flexibility index (Phi) is 5.45. The molecule has 1 aromatic heterocycles. The summed E-state index contributed by atoms with van der Waals surface area (Å²) < 4.78 is 4.34. The van der Waals surface area contributed by atoms with Crippen molar-refractivity contribution in [2.24, 2.45) is 0 Å². The van der Waals surface area contributed by atoms with Gasteiger partial charge in [0.1, 0.15) is 12.5 Å². The first-order valence-electron chi connectivity index (χ1n) is 1.75. The largest absolute Gasteiger partial charge is 0.502 e.